The summed E-state index contributed by atoms with van der Waals surface area (Å²) in [6.07, 6.45) is 3.50. The summed E-state index contributed by atoms with van der Waals surface area (Å²) in [5.41, 5.74) is 0.573. The quantitative estimate of drug-likeness (QED) is 0.711. The first-order valence-corrected chi connectivity index (χ1v) is 3.73. The number of aromatic amines is 1. The molecular formula is C8H12N2O2. The monoisotopic (exact) mass is 168 g/mol. The molecule has 1 aromatic heterocycles. The van der Waals surface area contributed by atoms with E-state index in [1.54, 1.807) is 12.4 Å². The predicted octanol–water partition coefficient (Wildman–Crippen LogP) is 1.16. The molecule has 0 saturated carbocycles. The van der Waals surface area contributed by atoms with Gasteiger partial charge < -0.3 is 5.11 Å². The Hall–Kier alpha value is -1.32. The lowest BCUT2D eigenvalue weighted by molar-refractivity contribution is -0.138. The van der Waals surface area contributed by atoms with E-state index in [1.807, 2.05) is 13.8 Å². The molecule has 0 spiro atoms. The summed E-state index contributed by atoms with van der Waals surface area (Å²) in [7, 11) is 0. The summed E-state index contributed by atoms with van der Waals surface area (Å²) in [6, 6.07) is 0. The van der Waals surface area contributed by atoms with Gasteiger partial charge in [-0.15, -0.1) is 0 Å². The van der Waals surface area contributed by atoms with Crippen LogP contribution in [0.5, 0.6) is 0 Å². The maximum Gasteiger partial charge on any atom is 0.304 e. The molecule has 0 radical (unpaired) electrons. The number of H-pyrrole nitrogens is 1. The van der Waals surface area contributed by atoms with Gasteiger partial charge in [0.15, 0.2) is 0 Å². The van der Waals surface area contributed by atoms with Crippen molar-refractivity contribution in [2.75, 3.05) is 0 Å². The Morgan fingerprint density at radius 3 is 2.83 bits per heavy atom. The highest BCUT2D eigenvalue weighted by atomic mass is 16.4. The smallest absolute Gasteiger partial charge is 0.304 e. The standard InChI is InChI=1S/C8H12N2O2/c1-8(2,3-7(11)12)6-4-9-10-5-6/h4-5H,3H2,1-2H3,(H,9,10)(H,11,12). The molecular weight excluding hydrogens is 156 g/mol. The number of aliphatic carboxylic acids is 1. The van der Waals surface area contributed by atoms with Crippen LogP contribution in [0.25, 0.3) is 0 Å². The molecule has 1 rings (SSSR count). The summed E-state index contributed by atoms with van der Waals surface area (Å²) >= 11 is 0. The van der Waals surface area contributed by atoms with Gasteiger partial charge in [-0.3, -0.25) is 9.89 Å². The highest BCUT2D eigenvalue weighted by Gasteiger charge is 2.24. The van der Waals surface area contributed by atoms with E-state index >= 15 is 0 Å². The third kappa shape index (κ3) is 1.84. The van der Waals surface area contributed by atoms with Crippen LogP contribution in [0.15, 0.2) is 12.4 Å². The van der Waals surface area contributed by atoms with Gasteiger partial charge >= 0.3 is 5.97 Å². The van der Waals surface area contributed by atoms with Crippen molar-refractivity contribution < 1.29 is 9.90 Å². The minimum atomic E-state index is -0.791. The molecule has 0 fully saturated rings. The fourth-order valence-electron chi connectivity index (χ4n) is 1.10. The zero-order valence-corrected chi connectivity index (χ0v) is 7.16. The Morgan fingerprint density at radius 1 is 1.75 bits per heavy atom. The zero-order valence-electron chi connectivity index (χ0n) is 7.16. The lowest BCUT2D eigenvalue weighted by atomic mass is 9.84. The van der Waals surface area contributed by atoms with Crippen molar-refractivity contribution in [1.29, 1.82) is 0 Å². The minimum Gasteiger partial charge on any atom is -0.481 e. The minimum absolute atomic E-state index is 0.118. The van der Waals surface area contributed by atoms with E-state index in [2.05, 4.69) is 10.2 Å². The molecule has 0 unspecified atom stereocenters. The van der Waals surface area contributed by atoms with Crippen molar-refractivity contribution in [3.8, 4) is 0 Å². The van der Waals surface area contributed by atoms with Gasteiger partial charge in [0.2, 0.25) is 0 Å². The fourth-order valence-corrected chi connectivity index (χ4v) is 1.10. The largest absolute Gasteiger partial charge is 0.481 e. The molecule has 0 aliphatic rings. The molecule has 4 nitrogen and oxygen atoms in total. The van der Waals surface area contributed by atoms with Crippen LogP contribution in [0.3, 0.4) is 0 Å². The second kappa shape index (κ2) is 2.97. The lowest BCUT2D eigenvalue weighted by Gasteiger charge is -2.19. The van der Waals surface area contributed by atoms with Crippen LogP contribution in [0.2, 0.25) is 0 Å². The SMILES string of the molecule is CC(C)(CC(=O)O)c1cn[nH]c1. The van der Waals surface area contributed by atoms with E-state index in [4.69, 9.17) is 5.11 Å². The van der Waals surface area contributed by atoms with Crippen LogP contribution < -0.4 is 0 Å². The highest BCUT2D eigenvalue weighted by Crippen LogP contribution is 2.25. The van der Waals surface area contributed by atoms with E-state index in [0.717, 1.165) is 5.56 Å². The first-order chi connectivity index (χ1) is 5.52. The Kier molecular flexibility index (Phi) is 2.17. The van der Waals surface area contributed by atoms with Crippen molar-refractivity contribution in [3.63, 3.8) is 0 Å². The summed E-state index contributed by atoms with van der Waals surface area (Å²) in [5.74, 6) is -0.791. The number of hydrogen-bond donors (Lipinski definition) is 2. The molecule has 4 heteroatoms. The van der Waals surface area contributed by atoms with Crippen LogP contribution in [-0.2, 0) is 10.2 Å². The number of carbonyl (C=O) groups is 1. The Balaban J connectivity index is 2.79. The molecule has 0 saturated heterocycles. The molecule has 1 heterocycles. The Bertz CT molecular complexity index is 265. The number of rotatable bonds is 3. The third-order valence-electron chi connectivity index (χ3n) is 1.87. The van der Waals surface area contributed by atoms with Crippen molar-refractivity contribution >= 4 is 5.97 Å². The topological polar surface area (TPSA) is 66.0 Å². The summed E-state index contributed by atoms with van der Waals surface area (Å²) in [4.78, 5) is 10.5. The number of carboxylic acid groups (broad SMARTS) is 1. The third-order valence-corrected chi connectivity index (χ3v) is 1.87. The van der Waals surface area contributed by atoms with E-state index in [0.29, 0.717) is 0 Å². The molecule has 1 aromatic rings. The van der Waals surface area contributed by atoms with Crippen LogP contribution in [0.4, 0.5) is 0 Å². The molecule has 0 bridgehead atoms. The first-order valence-electron chi connectivity index (χ1n) is 3.73. The second-order valence-electron chi connectivity index (χ2n) is 3.44. The normalized spacial score (nSPS) is 11.5. The summed E-state index contributed by atoms with van der Waals surface area (Å²) in [5, 5.41) is 15.1. The van der Waals surface area contributed by atoms with Gasteiger partial charge in [-0.1, -0.05) is 13.8 Å². The summed E-state index contributed by atoms with van der Waals surface area (Å²) < 4.78 is 0. The average Bonchev–Trinajstić information content (AvgIpc) is 2.32. The molecule has 0 amide bonds. The van der Waals surface area contributed by atoms with Crippen molar-refractivity contribution in [2.45, 2.75) is 25.7 Å². The molecule has 0 aliphatic carbocycles. The van der Waals surface area contributed by atoms with Crippen molar-refractivity contribution in [2.24, 2.45) is 0 Å². The first kappa shape index (κ1) is 8.77. The van der Waals surface area contributed by atoms with Gasteiger partial charge in [0, 0.05) is 11.6 Å². The average molecular weight is 168 g/mol. The molecule has 66 valence electrons. The van der Waals surface area contributed by atoms with Gasteiger partial charge in [-0.2, -0.15) is 5.10 Å². The van der Waals surface area contributed by atoms with Gasteiger partial charge in [-0.05, 0) is 5.56 Å². The molecule has 12 heavy (non-hydrogen) atoms. The fraction of sp³-hybridized carbons (Fsp3) is 0.500. The highest BCUT2D eigenvalue weighted by molar-refractivity contribution is 5.68. The van der Waals surface area contributed by atoms with Gasteiger partial charge in [0.1, 0.15) is 0 Å². The van der Waals surface area contributed by atoms with E-state index in [1.165, 1.54) is 0 Å². The second-order valence-corrected chi connectivity index (χ2v) is 3.44. The molecule has 2 N–H and O–H groups in total. The predicted molar refractivity (Wildman–Crippen MR) is 43.9 cm³/mol. The number of nitrogens with one attached hydrogen (secondary N) is 1. The number of carboxylic acids is 1. The van der Waals surface area contributed by atoms with Crippen molar-refractivity contribution in [3.05, 3.63) is 18.0 Å². The molecule has 0 aliphatic heterocycles. The maximum absolute atomic E-state index is 10.5. The van der Waals surface area contributed by atoms with Crippen LogP contribution >= 0.6 is 0 Å². The van der Waals surface area contributed by atoms with Gasteiger partial charge in [0.25, 0.3) is 0 Å². The number of aromatic nitrogens is 2. The lowest BCUT2D eigenvalue weighted by Crippen LogP contribution is -2.20. The zero-order chi connectivity index (χ0) is 9.19. The summed E-state index contributed by atoms with van der Waals surface area (Å²) in [6.45, 7) is 3.76. The van der Waals surface area contributed by atoms with E-state index < -0.39 is 5.97 Å². The Labute approximate surface area is 70.6 Å². The van der Waals surface area contributed by atoms with Crippen LogP contribution in [-0.4, -0.2) is 21.3 Å². The van der Waals surface area contributed by atoms with Crippen LogP contribution in [0.1, 0.15) is 25.8 Å². The maximum atomic E-state index is 10.5. The molecule has 0 atom stereocenters. The van der Waals surface area contributed by atoms with Gasteiger partial charge in [-0.25, -0.2) is 0 Å². The number of nitrogens with zero attached hydrogens (tertiary/aromatic N) is 1. The van der Waals surface area contributed by atoms with E-state index in [9.17, 15) is 4.79 Å². The van der Waals surface area contributed by atoms with Crippen LogP contribution in [0, 0.1) is 0 Å². The van der Waals surface area contributed by atoms with E-state index in [-0.39, 0.29) is 11.8 Å². The molecule has 0 aromatic carbocycles. The van der Waals surface area contributed by atoms with Crippen molar-refractivity contribution in [1.82, 2.24) is 10.2 Å². The van der Waals surface area contributed by atoms with Gasteiger partial charge in [0.05, 0.1) is 12.6 Å². The number of hydrogen-bond acceptors (Lipinski definition) is 2. The Morgan fingerprint density at radius 2 is 2.42 bits per heavy atom.